The first-order valence-electron chi connectivity index (χ1n) is 11.1. The minimum absolute atomic E-state index is 0.156. The van der Waals surface area contributed by atoms with Gasteiger partial charge in [0.25, 0.3) is 5.56 Å². The molecule has 0 spiro atoms. The molecule has 0 saturated heterocycles. The molecule has 176 valence electrons. The Morgan fingerprint density at radius 1 is 1.12 bits per heavy atom. The minimum Gasteiger partial charge on any atom is -0.478 e. The van der Waals surface area contributed by atoms with E-state index < -0.39 is 22.8 Å². The molecule has 32 heavy (non-hydrogen) atoms. The molecule has 0 fully saturated rings. The fourth-order valence-electron chi connectivity index (χ4n) is 3.19. The van der Waals surface area contributed by atoms with Gasteiger partial charge in [0.2, 0.25) is 5.82 Å². The summed E-state index contributed by atoms with van der Waals surface area (Å²) in [5.74, 6) is -0.415. The van der Waals surface area contributed by atoms with Gasteiger partial charge in [0.05, 0.1) is 0 Å². The molecule has 2 aromatic rings. The van der Waals surface area contributed by atoms with Gasteiger partial charge in [-0.25, -0.2) is 14.3 Å². The smallest absolute Gasteiger partial charge is 0.347 e. The summed E-state index contributed by atoms with van der Waals surface area (Å²) in [5, 5.41) is 16.3. The van der Waals surface area contributed by atoms with Crippen molar-refractivity contribution in [3.8, 4) is 5.75 Å². The second kappa shape index (κ2) is 11.5. The predicted molar refractivity (Wildman–Crippen MR) is 123 cm³/mol. The number of aromatic nitrogens is 3. The molecule has 0 radical (unpaired) electrons. The van der Waals surface area contributed by atoms with E-state index in [0.717, 1.165) is 37.7 Å². The Bertz CT molecular complexity index is 1010. The number of carboxylic acid groups (broad SMARTS) is 1. The van der Waals surface area contributed by atoms with E-state index in [1.165, 1.54) is 30.1 Å². The Balaban J connectivity index is 1.97. The van der Waals surface area contributed by atoms with Crippen LogP contribution in [0, 0.1) is 0 Å². The van der Waals surface area contributed by atoms with Gasteiger partial charge in [-0.15, -0.1) is 5.10 Å². The highest BCUT2D eigenvalue weighted by Crippen LogP contribution is 2.19. The Hall–Kier alpha value is -3.10. The maximum atomic E-state index is 12.7. The summed E-state index contributed by atoms with van der Waals surface area (Å²) in [6, 6.07) is 7.13. The number of carboxylic acids is 1. The van der Waals surface area contributed by atoms with Crippen molar-refractivity contribution < 1.29 is 14.6 Å². The zero-order valence-electron chi connectivity index (χ0n) is 19.4. The zero-order chi connectivity index (χ0) is 23.7. The number of unbranched alkanes of at least 4 members (excludes halogenated alkanes) is 4. The van der Waals surface area contributed by atoms with Crippen molar-refractivity contribution in [2.24, 2.45) is 7.05 Å². The lowest BCUT2D eigenvalue weighted by Gasteiger charge is -2.21. The number of aryl methyl sites for hydroxylation is 1. The number of hydrogen-bond donors (Lipinski definition) is 2. The summed E-state index contributed by atoms with van der Waals surface area (Å²) >= 11 is 0. The third kappa shape index (κ3) is 6.96. The Morgan fingerprint density at radius 2 is 1.78 bits per heavy atom. The van der Waals surface area contributed by atoms with Crippen LogP contribution >= 0.6 is 0 Å². The molecular weight excluding hydrogens is 412 g/mol. The van der Waals surface area contributed by atoms with Gasteiger partial charge < -0.3 is 15.2 Å². The number of ether oxygens (including phenoxy) is 1. The van der Waals surface area contributed by atoms with Crippen molar-refractivity contribution >= 4 is 11.8 Å². The molecule has 1 aromatic heterocycles. The van der Waals surface area contributed by atoms with Crippen LogP contribution in [0.2, 0.25) is 0 Å². The van der Waals surface area contributed by atoms with Crippen LogP contribution in [0.4, 0.5) is 5.82 Å². The maximum absolute atomic E-state index is 12.7. The van der Waals surface area contributed by atoms with E-state index >= 15 is 0 Å². The van der Waals surface area contributed by atoms with Gasteiger partial charge in [0.15, 0.2) is 5.60 Å². The monoisotopic (exact) mass is 446 g/mol. The molecule has 0 bridgehead atoms. The van der Waals surface area contributed by atoms with Crippen molar-refractivity contribution in [3.63, 3.8) is 0 Å². The lowest BCUT2D eigenvalue weighted by Crippen LogP contribution is -2.42. The molecule has 0 aliphatic carbocycles. The van der Waals surface area contributed by atoms with Crippen molar-refractivity contribution in [2.75, 3.05) is 11.9 Å². The van der Waals surface area contributed by atoms with E-state index in [2.05, 4.69) is 17.3 Å². The first-order chi connectivity index (χ1) is 15.2. The normalized spacial score (nSPS) is 11.4. The first-order valence-corrected chi connectivity index (χ1v) is 11.1. The van der Waals surface area contributed by atoms with Crippen LogP contribution < -0.4 is 21.3 Å². The highest BCUT2D eigenvalue weighted by molar-refractivity contribution is 5.76. The number of benzene rings is 1. The topological polar surface area (TPSA) is 115 Å². The number of rotatable bonds is 13. The highest BCUT2D eigenvalue weighted by Gasteiger charge is 2.29. The molecule has 0 unspecified atom stereocenters. The number of hydrogen-bond acceptors (Lipinski definition) is 6. The van der Waals surface area contributed by atoms with E-state index in [1.54, 1.807) is 12.1 Å². The van der Waals surface area contributed by atoms with E-state index in [1.807, 2.05) is 12.1 Å². The fraction of sp³-hybridized carbons (Fsp3) is 0.565. The molecule has 0 saturated carbocycles. The number of nitrogens with zero attached hydrogens (tertiary/aromatic N) is 3. The molecule has 1 aromatic carbocycles. The van der Waals surface area contributed by atoms with Crippen LogP contribution in [-0.4, -0.2) is 37.6 Å². The third-order valence-corrected chi connectivity index (χ3v) is 5.21. The standard InChI is InChI=1S/C23H34N4O5/c1-5-6-7-8-9-16-27-20(28)19(25-26(4)22(27)31)24-15-14-17-10-12-18(13-11-17)32-23(2,3)21(29)30/h10-13H,5-9,14-16H2,1-4H3,(H,24,25)(H,29,30). The van der Waals surface area contributed by atoms with Crippen LogP contribution in [0.3, 0.4) is 0 Å². The van der Waals surface area contributed by atoms with Gasteiger partial charge in [-0.3, -0.25) is 9.36 Å². The largest absolute Gasteiger partial charge is 0.478 e. The van der Waals surface area contributed by atoms with Crippen molar-refractivity contribution in [2.45, 2.75) is 71.4 Å². The number of carbonyl (C=O) groups is 1. The molecule has 9 heteroatoms. The molecule has 2 rings (SSSR count). The third-order valence-electron chi connectivity index (χ3n) is 5.21. The zero-order valence-corrected chi connectivity index (χ0v) is 19.4. The number of nitrogens with one attached hydrogen (secondary N) is 1. The van der Waals surface area contributed by atoms with Crippen LogP contribution in [0.25, 0.3) is 0 Å². The van der Waals surface area contributed by atoms with Crippen LogP contribution in [-0.2, 0) is 24.8 Å². The summed E-state index contributed by atoms with van der Waals surface area (Å²) in [4.78, 5) is 36.2. The van der Waals surface area contributed by atoms with E-state index in [4.69, 9.17) is 9.84 Å². The van der Waals surface area contributed by atoms with Gasteiger partial charge in [-0.05, 0) is 44.4 Å². The van der Waals surface area contributed by atoms with Crippen molar-refractivity contribution in [1.82, 2.24) is 14.3 Å². The molecular formula is C23H34N4O5. The lowest BCUT2D eigenvalue weighted by atomic mass is 10.1. The van der Waals surface area contributed by atoms with Crippen molar-refractivity contribution in [1.29, 1.82) is 0 Å². The maximum Gasteiger partial charge on any atom is 0.347 e. The molecule has 9 nitrogen and oxygen atoms in total. The van der Waals surface area contributed by atoms with Crippen molar-refractivity contribution in [3.05, 3.63) is 50.7 Å². The summed E-state index contributed by atoms with van der Waals surface area (Å²) < 4.78 is 7.93. The Kier molecular flexibility index (Phi) is 9.04. The van der Waals surface area contributed by atoms with Gasteiger partial charge in [0.1, 0.15) is 5.75 Å². The second-order valence-corrected chi connectivity index (χ2v) is 8.36. The molecule has 0 atom stereocenters. The molecule has 2 N–H and O–H groups in total. The predicted octanol–water partition coefficient (Wildman–Crippen LogP) is 2.81. The van der Waals surface area contributed by atoms with Crippen LogP contribution in [0.15, 0.2) is 33.9 Å². The fourth-order valence-corrected chi connectivity index (χ4v) is 3.19. The molecule has 0 aliphatic heterocycles. The Labute approximate surface area is 188 Å². The quantitative estimate of drug-likeness (QED) is 0.455. The van der Waals surface area contributed by atoms with Gasteiger partial charge >= 0.3 is 11.7 Å². The minimum atomic E-state index is -1.31. The summed E-state index contributed by atoms with van der Waals surface area (Å²) in [6.07, 6.45) is 5.77. The van der Waals surface area contributed by atoms with Gasteiger partial charge in [0, 0.05) is 20.1 Å². The lowest BCUT2D eigenvalue weighted by molar-refractivity contribution is -0.152. The summed E-state index contributed by atoms with van der Waals surface area (Å²) in [7, 11) is 1.54. The molecule has 0 aliphatic rings. The average molecular weight is 447 g/mol. The summed E-state index contributed by atoms with van der Waals surface area (Å²) in [6.45, 7) is 5.97. The molecule has 1 heterocycles. The highest BCUT2D eigenvalue weighted by atomic mass is 16.5. The van der Waals surface area contributed by atoms with Gasteiger partial charge in [-0.2, -0.15) is 0 Å². The number of anilines is 1. The SMILES string of the molecule is CCCCCCCn1c(=O)c(NCCc2ccc(OC(C)(C)C(=O)O)cc2)nn(C)c1=O. The average Bonchev–Trinajstić information content (AvgIpc) is 2.74. The van der Waals surface area contributed by atoms with E-state index in [9.17, 15) is 14.4 Å². The van der Waals surface area contributed by atoms with Crippen LogP contribution in [0.5, 0.6) is 5.75 Å². The number of aliphatic carboxylic acids is 1. The first kappa shape index (κ1) is 25.2. The molecule has 0 amide bonds. The van der Waals surface area contributed by atoms with E-state index in [0.29, 0.717) is 25.3 Å². The van der Waals surface area contributed by atoms with Gasteiger partial charge in [-0.1, -0.05) is 44.7 Å². The summed E-state index contributed by atoms with van der Waals surface area (Å²) in [5.41, 5.74) is -1.13. The Morgan fingerprint density at radius 3 is 2.41 bits per heavy atom. The van der Waals surface area contributed by atoms with Crippen LogP contribution in [0.1, 0.15) is 58.4 Å². The second-order valence-electron chi connectivity index (χ2n) is 8.36. The van der Waals surface area contributed by atoms with E-state index in [-0.39, 0.29) is 5.82 Å².